The van der Waals surface area contributed by atoms with Crippen molar-refractivity contribution in [2.45, 2.75) is 31.8 Å². The molecule has 2 N–H and O–H groups in total. The van der Waals surface area contributed by atoms with Gasteiger partial charge >= 0.3 is 0 Å². The molecule has 98 valence electrons. The predicted molar refractivity (Wildman–Crippen MR) is 76.9 cm³/mol. The molecule has 18 heavy (non-hydrogen) atoms. The van der Waals surface area contributed by atoms with Crippen LogP contribution in [0, 0.1) is 0 Å². The molecule has 1 amide bonds. The third kappa shape index (κ3) is 2.87. The average Bonchev–Trinajstić information content (AvgIpc) is 2.31. The van der Waals surface area contributed by atoms with E-state index >= 15 is 0 Å². The SMILES string of the molecule is CC1CC(N)CCN1C(=O)c1cc(Br)ccc1Cl. The molecule has 1 aromatic carbocycles. The molecule has 0 saturated carbocycles. The molecule has 2 unspecified atom stereocenters. The van der Waals surface area contributed by atoms with Crippen LogP contribution < -0.4 is 5.73 Å². The molecule has 1 saturated heterocycles. The van der Waals surface area contributed by atoms with Gasteiger partial charge in [-0.3, -0.25) is 4.79 Å². The maximum absolute atomic E-state index is 12.5. The molecule has 1 aliphatic rings. The number of carbonyl (C=O) groups excluding carboxylic acids is 1. The van der Waals surface area contributed by atoms with Gasteiger partial charge in [0.25, 0.3) is 5.91 Å². The normalized spacial score (nSPS) is 24.1. The van der Waals surface area contributed by atoms with E-state index < -0.39 is 0 Å². The monoisotopic (exact) mass is 330 g/mol. The molecular weight excluding hydrogens is 316 g/mol. The predicted octanol–water partition coefficient (Wildman–Crippen LogP) is 3.05. The highest BCUT2D eigenvalue weighted by atomic mass is 79.9. The number of carbonyl (C=O) groups is 1. The Morgan fingerprint density at radius 3 is 2.94 bits per heavy atom. The van der Waals surface area contributed by atoms with Crippen LogP contribution in [0.25, 0.3) is 0 Å². The highest BCUT2D eigenvalue weighted by molar-refractivity contribution is 9.10. The van der Waals surface area contributed by atoms with E-state index in [1.165, 1.54) is 0 Å². The minimum Gasteiger partial charge on any atom is -0.336 e. The fourth-order valence-electron chi connectivity index (χ4n) is 2.33. The Labute approximate surface area is 120 Å². The largest absolute Gasteiger partial charge is 0.336 e. The summed E-state index contributed by atoms with van der Waals surface area (Å²) in [5.41, 5.74) is 6.46. The topological polar surface area (TPSA) is 46.3 Å². The van der Waals surface area contributed by atoms with Gasteiger partial charge in [-0.1, -0.05) is 27.5 Å². The first-order chi connectivity index (χ1) is 8.49. The highest BCUT2D eigenvalue weighted by Gasteiger charge is 2.28. The van der Waals surface area contributed by atoms with Gasteiger partial charge in [-0.15, -0.1) is 0 Å². The third-order valence-electron chi connectivity index (χ3n) is 3.34. The average molecular weight is 332 g/mol. The number of piperidine rings is 1. The molecule has 1 aromatic rings. The fraction of sp³-hybridized carbons (Fsp3) is 0.462. The van der Waals surface area contributed by atoms with Gasteiger partial charge in [-0.05, 0) is 38.0 Å². The van der Waals surface area contributed by atoms with Crippen molar-refractivity contribution in [2.24, 2.45) is 5.73 Å². The van der Waals surface area contributed by atoms with E-state index in [1.807, 2.05) is 17.9 Å². The smallest absolute Gasteiger partial charge is 0.255 e. The summed E-state index contributed by atoms with van der Waals surface area (Å²) in [6, 6.07) is 5.69. The van der Waals surface area contributed by atoms with Crippen LogP contribution in [0.4, 0.5) is 0 Å². The number of nitrogens with zero attached hydrogens (tertiary/aromatic N) is 1. The van der Waals surface area contributed by atoms with Crippen LogP contribution in [-0.4, -0.2) is 29.4 Å². The summed E-state index contributed by atoms with van der Waals surface area (Å²) in [4.78, 5) is 14.3. The number of benzene rings is 1. The minimum absolute atomic E-state index is 0.0132. The molecule has 0 aromatic heterocycles. The number of halogens is 2. The van der Waals surface area contributed by atoms with Gasteiger partial charge in [0.15, 0.2) is 0 Å². The molecule has 1 heterocycles. The summed E-state index contributed by atoms with van der Waals surface area (Å²) in [5, 5.41) is 0.491. The van der Waals surface area contributed by atoms with Gasteiger partial charge in [0, 0.05) is 23.1 Å². The molecule has 0 radical (unpaired) electrons. The fourth-order valence-corrected chi connectivity index (χ4v) is 2.89. The quantitative estimate of drug-likeness (QED) is 0.859. The van der Waals surface area contributed by atoms with Crippen molar-refractivity contribution in [1.82, 2.24) is 4.90 Å². The molecular formula is C13H16BrClN2O. The highest BCUT2D eigenvalue weighted by Crippen LogP contribution is 2.25. The van der Waals surface area contributed by atoms with Crippen LogP contribution in [0.15, 0.2) is 22.7 Å². The first kappa shape index (κ1) is 13.8. The molecule has 2 rings (SSSR count). The maximum Gasteiger partial charge on any atom is 0.255 e. The Morgan fingerprint density at radius 1 is 1.56 bits per heavy atom. The molecule has 1 aliphatic heterocycles. The zero-order valence-corrected chi connectivity index (χ0v) is 12.5. The van der Waals surface area contributed by atoms with E-state index in [2.05, 4.69) is 15.9 Å². The maximum atomic E-state index is 12.5. The Kier molecular flexibility index (Phi) is 4.30. The summed E-state index contributed by atoms with van der Waals surface area (Å²) < 4.78 is 0.858. The van der Waals surface area contributed by atoms with Gasteiger partial charge in [-0.2, -0.15) is 0 Å². The van der Waals surface area contributed by atoms with Crippen LogP contribution in [-0.2, 0) is 0 Å². The number of nitrogens with two attached hydrogens (primary N) is 1. The molecule has 0 aliphatic carbocycles. The van der Waals surface area contributed by atoms with E-state index in [9.17, 15) is 4.79 Å². The molecule has 2 atom stereocenters. The van der Waals surface area contributed by atoms with Gasteiger partial charge in [-0.25, -0.2) is 0 Å². The van der Waals surface area contributed by atoms with Crippen LogP contribution in [0.2, 0.25) is 5.02 Å². The van der Waals surface area contributed by atoms with Crippen LogP contribution >= 0.6 is 27.5 Å². The second-order valence-corrected chi connectivity index (χ2v) is 6.08. The van der Waals surface area contributed by atoms with Crippen molar-refractivity contribution < 1.29 is 4.79 Å². The van der Waals surface area contributed by atoms with Crippen LogP contribution in [0.3, 0.4) is 0 Å². The summed E-state index contributed by atoms with van der Waals surface area (Å²) >= 11 is 9.46. The van der Waals surface area contributed by atoms with Crippen LogP contribution in [0.1, 0.15) is 30.1 Å². The Morgan fingerprint density at radius 2 is 2.28 bits per heavy atom. The third-order valence-corrected chi connectivity index (χ3v) is 4.16. The number of amides is 1. The second kappa shape index (κ2) is 5.59. The summed E-state index contributed by atoms with van der Waals surface area (Å²) in [6.07, 6.45) is 1.69. The Bertz CT molecular complexity index is 466. The van der Waals surface area contributed by atoms with Gasteiger partial charge in [0.1, 0.15) is 0 Å². The van der Waals surface area contributed by atoms with Gasteiger partial charge < -0.3 is 10.6 Å². The molecule has 3 nitrogen and oxygen atoms in total. The van der Waals surface area contributed by atoms with E-state index in [1.54, 1.807) is 12.1 Å². The number of likely N-dealkylation sites (tertiary alicyclic amines) is 1. The standard InChI is InChI=1S/C13H16BrClN2O/c1-8-6-10(16)4-5-17(8)13(18)11-7-9(14)2-3-12(11)15/h2-3,7-8,10H,4-6,16H2,1H3. The van der Waals surface area contributed by atoms with Crippen molar-refractivity contribution in [3.8, 4) is 0 Å². The Hall–Kier alpha value is -0.580. The Balaban J connectivity index is 2.23. The lowest BCUT2D eigenvalue weighted by atomic mass is 9.98. The van der Waals surface area contributed by atoms with E-state index in [-0.39, 0.29) is 18.0 Å². The lowest BCUT2D eigenvalue weighted by Gasteiger charge is -2.36. The van der Waals surface area contributed by atoms with Crippen molar-refractivity contribution in [3.05, 3.63) is 33.3 Å². The molecule has 5 heteroatoms. The summed E-state index contributed by atoms with van der Waals surface area (Å²) in [5.74, 6) is -0.0132. The molecule has 0 spiro atoms. The van der Waals surface area contributed by atoms with E-state index in [0.29, 0.717) is 17.1 Å². The number of hydrogen-bond donors (Lipinski definition) is 1. The van der Waals surface area contributed by atoms with Crippen molar-refractivity contribution in [1.29, 1.82) is 0 Å². The molecule has 0 bridgehead atoms. The first-order valence-corrected chi connectivity index (χ1v) is 7.17. The zero-order valence-electron chi connectivity index (χ0n) is 10.2. The van der Waals surface area contributed by atoms with Crippen LogP contribution in [0.5, 0.6) is 0 Å². The van der Waals surface area contributed by atoms with E-state index in [4.69, 9.17) is 17.3 Å². The first-order valence-electron chi connectivity index (χ1n) is 6.00. The minimum atomic E-state index is -0.0132. The lowest BCUT2D eigenvalue weighted by molar-refractivity contribution is 0.0619. The summed E-state index contributed by atoms with van der Waals surface area (Å²) in [7, 11) is 0. The zero-order chi connectivity index (χ0) is 13.3. The number of rotatable bonds is 1. The van der Waals surface area contributed by atoms with E-state index in [0.717, 1.165) is 17.3 Å². The molecule has 1 fully saturated rings. The van der Waals surface area contributed by atoms with Gasteiger partial charge in [0.2, 0.25) is 0 Å². The van der Waals surface area contributed by atoms with Gasteiger partial charge in [0.05, 0.1) is 10.6 Å². The van der Waals surface area contributed by atoms with Crippen molar-refractivity contribution in [2.75, 3.05) is 6.54 Å². The second-order valence-electron chi connectivity index (χ2n) is 4.76. The number of hydrogen-bond acceptors (Lipinski definition) is 2. The van der Waals surface area contributed by atoms with Crippen molar-refractivity contribution in [3.63, 3.8) is 0 Å². The lowest BCUT2D eigenvalue weighted by Crippen LogP contribution is -2.48. The van der Waals surface area contributed by atoms with Crippen molar-refractivity contribution >= 4 is 33.4 Å². The summed E-state index contributed by atoms with van der Waals surface area (Å²) in [6.45, 7) is 2.73.